The van der Waals surface area contributed by atoms with Crippen molar-refractivity contribution in [3.05, 3.63) is 112 Å². The topological polar surface area (TPSA) is 144 Å². The number of benzene rings is 2. The summed E-state index contributed by atoms with van der Waals surface area (Å²) >= 11 is 7.23. The molecule has 0 saturated heterocycles. The van der Waals surface area contributed by atoms with Crippen LogP contribution in [0.5, 0.6) is 0 Å². The van der Waals surface area contributed by atoms with E-state index in [9.17, 15) is 23.6 Å². The van der Waals surface area contributed by atoms with Gasteiger partial charge in [0.15, 0.2) is 5.82 Å². The number of fused-ring (bicyclic) bond motifs is 1. The molecule has 0 aliphatic rings. The molecule has 0 aliphatic carbocycles. The quantitative estimate of drug-likeness (QED) is 0.299. The summed E-state index contributed by atoms with van der Waals surface area (Å²) in [5.41, 5.74) is 0.534. The molecule has 14 heteroatoms. The van der Waals surface area contributed by atoms with Gasteiger partial charge in [-0.1, -0.05) is 35.0 Å². The third-order valence-corrected chi connectivity index (χ3v) is 6.82. The molecule has 0 radical (unpaired) electrons. The number of amides is 1. The highest BCUT2D eigenvalue weighted by Gasteiger charge is 2.29. The third kappa shape index (κ3) is 4.34. The number of nitrogens with zero attached hydrogens (tertiary/aromatic N) is 3. The zero-order valence-electron chi connectivity index (χ0n) is 18.8. The first-order valence-corrected chi connectivity index (χ1v) is 11.8. The molecule has 3 aromatic heterocycles. The van der Waals surface area contributed by atoms with Crippen molar-refractivity contribution in [2.75, 3.05) is 17.8 Å². The van der Waals surface area contributed by atoms with Gasteiger partial charge in [0.25, 0.3) is 11.5 Å². The summed E-state index contributed by atoms with van der Waals surface area (Å²) in [5, 5.41) is 6.19. The van der Waals surface area contributed by atoms with Crippen LogP contribution in [0, 0.1) is 5.82 Å². The Bertz CT molecular complexity index is 1820. The summed E-state index contributed by atoms with van der Waals surface area (Å²) in [6.45, 7) is 0. The predicted octanol–water partition coefficient (Wildman–Crippen LogP) is 2.76. The monoisotopic (exact) mass is 542 g/mol. The Hall–Kier alpha value is -4.49. The van der Waals surface area contributed by atoms with Crippen molar-refractivity contribution >= 4 is 45.4 Å². The minimum Gasteiger partial charge on any atom is -0.386 e. The smallest absolute Gasteiger partial charge is 0.386 e. The van der Waals surface area contributed by atoms with E-state index < -0.39 is 34.8 Å². The van der Waals surface area contributed by atoms with Crippen LogP contribution < -0.4 is 27.7 Å². The number of anilines is 1. The van der Waals surface area contributed by atoms with E-state index in [1.54, 1.807) is 30.3 Å². The number of aromatic nitrogens is 4. The van der Waals surface area contributed by atoms with Gasteiger partial charge in [-0.2, -0.15) is 4.68 Å². The Morgan fingerprint density at radius 3 is 2.54 bits per heavy atom. The molecular weight excluding hydrogens is 527 g/mol. The second-order valence-corrected chi connectivity index (χ2v) is 9.47. The fourth-order valence-electron chi connectivity index (χ4n) is 3.86. The molecule has 0 bridgehead atoms. The Labute approximate surface area is 214 Å². The Kier molecular flexibility index (Phi) is 6.23. The summed E-state index contributed by atoms with van der Waals surface area (Å²) in [4.78, 5) is 54.8. The molecule has 1 amide bonds. The van der Waals surface area contributed by atoms with Crippen LogP contribution in [0.3, 0.4) is 0 Å². The molecule has 37 heavy (non-hydrogen) atoms. The number of hydrogen-bond donors (Lipinski definition) is 3. The summed E-state index contributed by atoms with van der Waals surface area (Å²) < 4.78 is 21.4. The second-order valence-electron chi connectivity index (χ2n) is 7.72. The fourth-order valence-corrected chi connectivity index (χ4v) is 5.02. The van der Waals surface area contributed by atoms with Gasteiger partial charge in [0.05, 0.1) is 20.9 Å². The van der Waals surface area contributed by atoms with E-state index in [-0.39, 0.29) is 28.0 Å². The highest BCUT2D eigenvalue weighted by atomic mass is 35.5. The van der Waals surface area contributed by atoms with Gasteiger partial charge in [-0.15, -0.1) is 11.3 Å². The number of hydrogen-bond acceptors (Lipinski definition) is 8. The Balaban J connectivity index is 1.85. The van der Waals surface area contributed by atoms with Crippen LogP contribution in [-0.2, 0) is 0 Å². The first-order chi connectivity index (χ1) is 17.8. The first-order valence-electron chi connectivity index (χ1n) is 10.6. The zero-order chi connectivity index (χ0) is 26.3. The number of carbonyl (C=O) groups is 1. The van der Waals surface area contributed by atoms with Crippen LogP contribution in [0.15, 0.2) is 73.5 Å². The average molecular weight is 543 g/mol. The van der Waals surface area contributed by atoms with Crippen molar-refractivity contribution in [1.29, 1.82) is 0 Å². The van der Waals surface area contributed by atoms with Crippen LogP contribution in [0.1, 0.15) is 27.1 Å². The molecule has 188 valence electrons. The summed E-state index contributed by atoms with van der Waals surface area (Å²) in [5.74, 6) is -2.47. The Morgan fingerprint density at radius 2 is 1.92 bits per heavy atom. The molecule has 5 aromatic rings. The molecule has 0 saturated carbocycles. The first kappa shape index (κ1) is 24.2. The van der Waals surface area contributed by atoms with Crippen LogP contribution in [0.4, 0.5) is 10.1 Å². The van der Waals surface area contributed by atoms with Gasteiger partial charge < -0.3 is 5.32 Å². The van der Waals surface area contributed by atoms with E-state index in [0.717, 1.165) is 22.0 Å². The number of H-pyrrole nitrogens is 1. The summed E-state index contributed by atoms with van der Waals surface area (Å²) in [6.07, 6.45) is 0. The molecular formula is C23H16ClFN6O5S. The summed E-state index contributed by atoms with van der Waals surface area (Å²) in [6, 6.07) is 12.2. The zero-order valence-corrected chi connectivity index (χ0v) is 20.4. The van der Waals surface area contributed by atoms with Gasteiger partial charge in [0.2, 0.25) is 0 Å². The van der Waals surface area contributed by atoms with Crippen molar-refractivity contribution in [3.8, 4) is 0 Å². The lowest BCUT2D eigenvalue weighted by atomic mass is 10.1. The van der Waals surface area contributed by atoms with E-state index in [2.05, 4.69) is 25.4 Å². The minimum absolute atomic E-state index is 0.00253. The van der Waals surface area contributed by atoms with Gasteiger partial charge in [-0.05, 0) is 36.4 Å². The van der Waals surface area contributed by atoms with Crippen LogP contribution in [0.2, 0.25) is 4.34 Å². The van der Waals surface area contributed by atoms with Crippen molar-refractivity contribution in [3.63, 3.8) is 0 Å². The van der Waals surface area contributed by atoms with Crippen molar-refractivity contribution in [2.45, 2.75) is 6.04 Å². The Morgan fingerprint density at radius 1 is 1.16 bits per heavy atom. The van der Waals surface area contributed by atoms with Gasteiger partial charge in [-0.3, -0.25) is 29.1 Å². The van der Waals surface area contributed by atoms with E-state index in [1.807, 2.05) is 0 Å². The van der Waals surface area contributed by atoms with E-state index in [0.29, 0.717) is 13.9 Å². The van der Waals surface area contributed by atoms with Gasteiger partial charge in [0, 0.05) is 17.5 Å². The minimum atomic E-state index is -1.16. The fraction of sp³-hybridized carbons (Fsp3) is 0.0870. The average Bonchev–Trinajstić information content (AvgIpc) is 3.52. The lowest BCUT2D eigenvalue weighted by Crippen LogP contribution is -2.48. The number of carbonyl (C=O) groups excluding carboxylic acids is 1. The maximum absolute atomic E-state index is 14.8. The normalized spacial score (nSPS) is 12.0. The number of nitrogens with one attached hydrogen (secondary N) is 3. The van der Waals surface area contributed by atoms with E-state index in [4.69, 9.17) is 11.6 Å². The van der Waals surface area contributed by atoms with Gasteiger partial charge in [-0.25, -0.2) is 14.0 Å². The highest BCUT2D eigenvalue weighted by Crippen LogP contribution is 2.33. The largest absolute Gasteiger partial charge is 0.438 e. The molecule has 0 fully saturated rings. The number of thiophene rings is 1. The van der Waals surface area contributed by atoms with Crippen molar-refractivity contribution in [2.24, 2.45) is 0 Å². The molecule has 1 atom stereocenters. The molecule has 1 unspecified atom stereocenters. The number of rotatable bonds is 6. The van der Waals surface area contributed by atoms with Crippen molar-refractivity contribution < 1.29 is 13.7 Å². The SMILES string of the molecule is CNc1cc2c(cc1F)c(=O)n(NC(=O)c1ccccc1)c(=O)n2C(c1noc(=O)[nH]1)c1ccc(Cl)s1. The van der Waals surface area contributed by atoms with Crippen LogP contribution in [0.25, 0.3) is 10.9 Å². The predicted molar refractivity (Wildman–Crippen MR) is 136 cm³/mol. The number of halogens is 2. The lowest BCUT2D eigenvalue weighted by Gasteiger charge is -2.21. The maximum atomic E-state index is 14.8. The maximum Gasteiger partial charge on any atom is 0.438 e. The molecule has 0 aliphatic heterocycles. The lowest BCUT2D eigenvalue weighted by molar-refractivity contribution is 0.101. The molecule has 5 rings (SSSR count). The standard InChI is InChI=1S/C23H16ClFN6O5S/c1-26-14-10-15-12(9-13(14)25)21(33)31(28-20(32)11-5-3-2-4-6-11)23(35)30(15)18(16-7-8-17(24)37-16)19-27-22(34)36-29-19/h2-10,18,26H,1H3,(H,28,32)(H,27,29,34). The second kappa shape index (κ2) is 9.52. The van der Waals surface area contributed by atoms with E-state index >= 15 is 0 Å². The number of aromatic amines is 1. The third-order valence-electron chi connectivity index (χ3n) is 5.53. The van der Waals surface area contributed by atoms with Crippen LogP contribution in [-0.4, -0.2) is 32.3 Å². The van der Waals surface area contributed by atoms with Gasteiger partial charge >= 0.3 is 11.4 Å². The highest BCUT2D eigenvalue weighted by molar-refractivity contribution is 7.16. The molecule has 3 heterocycles. The van der Waals surface area contributed by atoms with Crippen molar-refractivity contribution in [1.82, 2.24) is 19.4 Å². The molecule has 2 aromatic carbocycles. The molecule has 3 N–H and O–H groups in total. The molecule has 11 nitrogen and oxygen atoms in total. The van der Waals surface area contributed by atoms with Gasteiger partial charge in [0.1, 0.15) is 11.9 Å². The van der Waals surface area contributed by atoms with E-state index in [1.165, 1.54) is 25.2 Å². The summed E-state index contributed by atoms with van der Waals surface area (Å²) in [7, 11) is 1.47. The van der Waals surface area contributed by atoms with Crippen LogP contribution >= 0.6 is 22.9 Å². The molecule has 0 spiro atoms.